The van der Waals surface area contributed by atoms with E-state index in [2.05, 4.69) is 0 Å². The molecule has 3 rings (SSSR count). The van der Waals surface area contributed by atoms with Crippen LogP contribution in [0.4, 0.5) is 0 Å². The Morgan fingerprint density at radius 1 is 0.622 bits per heavy atom. The molecule has 3 aromatic rings. The van der Waals surface area contributed by atoms with Crippen LogP contribution in [-0.2, 0) is 23.8 Å². The van der Waals surface area contributed by atoms with Crippen molar-refractivity contribution in [2.24, 2.45) is 5.73 Å². The van der Waals surface area contributed by atoms with E-state index in [1.807, 2.05) is 0 Å². The minimum absolute atomic E-state index is 0.0289. The van der Waals surface area contributed by atoms with Crippen LogP contribution in [0.25, 0.3) is 0 Å². The van der Waals surface area contributed by atoms with Gasteiger partial charge in [-0.3, -0.25) is 9.59 Å². The third-order valence-corrected chi connectivity index (χ3v) is 5.14. The third-order valence-electron chi connectivity index (χ3n) is 5.14. The van der Waals surface area contributed by atoms with Crippen molar-refractivity contribution in [2.75, 3.05) is 0 Å². The van der Waals surface area contributed by atoms with Gasteiger partial charge in [0.15, 0.2) is 30.7 Å². The molecule has 37 heavy (non-hydrogen) atoms. The molecule has 0 heterocycles. The SMILES string of the molecule is NC(=O)[C@@H](O)[C@@H](OC(=O)c1ccccc1)[C@H](OC(=O)c1ccccc1)[C@H](C=O)OC(=O)c1ccccc1. The number of esters is 3. The fourth-order valence-electron chi connectivity index (χ4n) is 3.26. The molecule has 0 unspecified atom stereocenters. The van der Waals surface area contributed by atoms with E-state index < -0.39 is 48.2 Å². The maximum absolute atomic E-state index is 12.9. The molecule has 0 aliphatic heterocycles. The Morgan fingerprint density at radius 2 is 0.973 bits per heavy atom. The molecule has 4 atom stereocenters. The number of aliphatic hydroxyl groups is 1. The molecule has 0 bridgehead atoms. The molecule has 10 nitrogen and oxygen atoms in total. The Labute approximate surface area is 211 Å². The molecule has 0 aliphatic carbocycles. The van der Waals surface area contributed by atoms with Crippen LogP contribution in [0.5, 0.6) is 0 Å². The summed E-state index contributed by atoms with van der Waals surface area (Å²) in [5.74, 6) is -4.35. The molecule has 1 amide bonds. The summed E-state index contributed by atoms with van der Waals surface area (Å²) in [7, 11) is 0. The number of hydrogen-bond donors (Lipinski definition) is 2. The second-order valence-corrected chi connectivity index (χ2v) is 7.69. The highest BCUT2D eigenvalue weighted by Gasteiger charge is 2.44. The van der Waals surface area contributed by atoms with Crippen molar-refractivity contribution in [1.29, 1.82) is 0 Å². The molecule has 0 radical (unpaired) electrons. The Hall–Kier alpha value is -4.83. The molecule has 0 fully saturated rings. The van der Waals surface area contributed by atoms with E-state index in [0.29, 0.717) is 0 Å². The minimum Gasteiger partial charge on any atom is -0.451 e. The van der Waals surface area contributed by atoms with Gasteiger partial charge >= 0.3 is 17.9 Å². The molecule has 0 spiro atoms. The van der Waals surface area contributed by atoms with Gasteiger partial charge in [0, 0.05) is 0 Å². The van der Waals surface area contributed by atoms with Gasteiger partial charge in [-0.2, -0.15) is 0 Å². The fourth-order valence-corrected chi connectivity index (χ4v) is 3.26. The summed E-state index contributed by atoms with van der Waals surface area (Å²) in [5, 5.41) is 10.5. The van der Waals surface area contributed by atoms with Gasteiger partial charge < -0.3 is 25.1 Å². The summed E-state index contributed by atoms with van der Waals surface area (Å²) in [6, 6.07) is 22.7. The maximum atomic E-state index is 12.9. The largest absolute Gasteiger partial charge is 0.451 e. The van der Waals surface area contributed by atoms with Crippen LogP contribution in [0.1, 0.15) is 31.1 Å². The molecule has 0 saturated carbocycles. The topological polar surface area (TPSA) is 159 Å². The van der Waals surface area contributed by atoms with Gasteiger partial charge in [0.05, 0.1) is 16.7 Å². The predicted octanol–water partition coefficient (Wildman–Crippen LogP) is 1.71. The highest BCUT2D eigenvalue weighted by Crippen LogP contribution is 2.20. The van der Waals surface area contributed by atoms with Crippen LogP contribution in [0.3, 0.4) is 0 Å². The monoisotopic (exact) mass is 505 g/mol. The molecule has 3 aromatic carbocycles. The number of ether oxygens (including phenoxy) is 3. The highest BCUT2D eigenvalue weighted by atomic mass is 16.6. The quantitative estimate of drug-likeness (QED) is 0.225. The van der Waals surface area contributed by atoms with E-state index in [4.69, 9.17) is 19.9 Å². The van der Waals surface area contributed by atoms with Crippen LogP contribution in [0, 0.1) is 0 Å². The van der Waals surface area contributed by atoms with Gasteiger partial charge in [-0.05, 0) is 36.4 Å². The lowest BCUT2D eigenvalue weighted by molar-refractivity contribution is -0.150. The van der Waals surface area contributed by atoms with Crippen molar-refractivity contribution in [3.63, 3.8) is 0 Å². The zero-order chi connectivity index (χ0) is 26.8. The van der Waals surface area contributed by atoms with E-state index >= 15 is 0 Å². The summed E-state index contributed by atoms with van der Waals surface area (Å²) in [6.07, 6.45) is -7.98. The fraction of sp³-hybridized carbons (Fsp3) is 0.148. The Bertz CT molecular complexity index is 1230. The van der Waals surface area contributed by atoms with Gasteiger partial charge in [0.1, 0.15) is 0 Å². The van der Waals surface area contributed by atoms with Crippen molar-refractivity contribution in [1.82, 2.24) is 0 Å². The van der Waals surface area contributed by atoms with Gasteiger partial charge in [0.25, 0.3) is 0 Å². The first-order valence-electron chi connectivity index (χ1n) is 11.0. The van der Waals surface area contributed by atoms with Gasteiger partial charge in [0.2, 0.25) is 5.91 Å². The molecular formula is C27H23NO9. The Morgan fingerprint density at radius 3 is 1.32 bits per heavy atom. The normalized spacial score (nSPS) is 13.8. The van der Waals surface area contributed by atoms with E-state index in [1.54, 1.807) is 54.6 Å². The van der Waals surface area contributed by atoms with Crippen LogP contribution < -0.4 is 5.73 Å². The third kappa shape index (κ3) is 7.09. The van der Waals surface area contributed by atoms with Gasteiger partial charge in [-0.1, -0.05) is 54.6 Å². The number of amides is 1. The Kier molecular flexibility index (Phi) is 9.23. The molecule has 0 aliphatic rings. The minimum atomic E-state index is -2.24. The van der Waals surface area contributed by atoms with Crippen molar-refractivity contribution in [3.8, 4) is 0 Å². The second-order valence-electron chi connectivity index (χ2n) is 7.69. The molecule has 0 aromatic heterocycles. The molecular weight excluding hydrogens is 482 g/mol. The number of aldehydes is 1. The van der Waals surface area contributed by atoms with Crippen LogP contribution >= 0.6 is 0 Å². The zero-order valence-electron chi connectivity index (χ0n) is 19.3. The average Bonchev–Trinajstić information content (AvgIpc) is 2.94. The number of rotatable bonds is 11. The summed E-state index contributed by atoms with van der Waals surface area (Å²) in [6.45, 7) is 0. The van der Waals surface area contributed by atoms with Gasteiger partial charge in [-0.25, -0.2) is 14.4 Å². The number of nitrogens with two attached hydrogens (primary N) is 1. The standard InChI is InChI=1S/C27H23NO9/c28-24(31)21(30)23(37-27(34)19-14-8-3-9-15-19)22(36-26(33)18-12-6-2-7-13-18)20(16-29)35-25(32)17-10-4-1-5-11-17/h1-16,20-23,30H,(H2,28,31)/t20-,21-,22+,23+/m0/s1. The lowest BCUT2D eigenvalue weighted by Crippen LogP contribution is -2.54. The first kappa shape index (κ1) is 26.8. The molecule has 10 heteroatoms. The highest BCUT2D eigenvalue weighted by molar-refractivity contribution is 5.92. The first-order chi connectivity index (χ1) is 17.8. The molecule has 0 saturated heterocycles. The first-order valence-corrected chi connectivity index (χ1v) is 11.0. The summed E-state index contributed by atoms with van der Waals surface area (Å²) in [4.78, 5) is 62.3. The van der Waals surface area contributed by atoms with Crippen molar-refractivity contribution >= 4 is 30.1 Å². The van der Waals surface area contributed by atoms with Crippen LogP contribution in [0.15, 0.2) is 91.0 Å². The van der Waals surface area contributed by atoms with E-state index in [0.717, 1.165) is 0 Å². The Balaban J connectivity index is 1.99. The number of carbonyl (C=O) groups is 5. The van der Waals surface area contributed by atoms with Crippen molar-refractivity contribution < 1.29 is 43.3 Å². The summed E-state index contributed by atoms with van der Waals surface area (Å²) >= 11 is 0. The van der Waals surface area contributed by atoms with Crippen LogP contribution in [0.2, 0.25) is 0 Å². The van der Waals surface area contributed by atoms with E-state index in [-0.39, 0.29) is 23.0 Å². The number of aliphatic hydroxyl groups excluding tert-OH is 1. The summed E-state index contributed by atoms with van der Waals surface area (Å²) in [5.41, 5.74) is 5.38. The van der Waals surface area contributed by atoms with Crippen LogP contribution in [-0.4, -0.2) is 59.6 Å². The van der Waals surface area contributed by atoms with Crippen molar-refractivity contribution in [2.45, 2.75) is 24.4 Å². The number of hydrogen-bond acceptors (Lipinski definition) is 9. The van der Waals surface area contributed by atoms with E-state index in [1.165, 1.54) is 36.4 Å². The second kappa shape index (κ2) is 12.8. The van der Waals surface area contributed by atoms with Crippen molar-refractivity contribution in [3.05, 3.63) is 108 Å². The predicted molar refractivity (Wildman–Crippen MR) is 128 cm³/mol. The number of carbonyl (C=O) groups excluding carboxylic acids is 5. The smallest absolute Gasteiger partial charge is 0.338 e. The van der Waals surface area contributed by atoms with E-state index in [9.17, 15) is 29.1 Å². The lowest BCUT2D eigenvalue weighted by Gasteiger charge is -2.31. The van der Waals surface area contributed by atoms with Gasteiger partial charge in [-0.15, -0.1) is 0 Å². The maximum Gasteiger partial charge on any atom is 0.338 e. The average molecular weight is 505 g/mol. The lowest BCUT2D eigenvalue weighted by atomic mass is 10.0. The molecule has 3 N–H and O–H groups in total. The number of primary amides is 1. The molecule has 190 valence electrons. The summed E-state index contributed by atoms with van der Waals surface area (Å²) < 4.78 is 16.0. The number of benzene rings is 3. The zero-order valence-corrected chi connectivity index (χ0v) is 19.3.